The molecular weight excluding hydrogens is 440 g/mol. The van der Waals surface area contributed by atoms with Crippen LogP contribution in [0.5, 0.6) is 11.5 Å². The first-order chi connectivity index (χ1) is 15.4. The summed E-state index contributed by atoms with van der Waals surface area (Å²) in [5.41, 5.74) is 5.90. The molecule has 3 aromatic carbocycles. The van der Waals surface area contributed by atoms with E-state index in [1.807, 2.05) is 55.5 Å². The normalized spacial score (nSPS) is 12.2. The average molecular weight is 481 g/mol. The van der Waals surface area contributed by atoms with Gasteiger partial charge >= 0.3 is 0 Å². The Hall–Kier alpha value is -2.45. The van der Waals surface area contributed by atoms with E-state index in [0.717, 1.165) is 33.4 Å². The van der Waals surface area contributed by atoms with Crippen LogP contribution in [0.15, 0.2) is 54.6 Å². The molecule has 0 aromatic heterocycles. The maximum atomic E-state index is 10.5. The van der Waals surface area contributed by atoms with Crippen molar-refractivity contribution >= 4 is 11.6 Å². The molecule has 0 spiro atoms. The lowest BCUT2D eigenvalue weighted by atomic mass is 9.80. The van der Waals surface area contributed by atoms with E-state index in [-0.39, 0.29) is 16.2 Å². The zero-order chi connectivity index (χ0) is 26.1. The molecule has 2 nitrogen and oxygen atoms in total. The second-order valence-electron chi connectivity index (χ2n) is 12.2. The largest absolute Gasteiger partial charge is 0.507 e. The standard InChI is InChI=1S/C17H19ClO.C14H22O/c1-11-9-14(12-5-7-13(18)8-6-12)16(19)15(10-11)17(2,3)4;1-13(2,3)10-8-7-9-11(12(10)15)14(4,5)6/h5-10,19H,1-4H3;7-9,15H,1-6H3. The molecule has 0 radical (unpaired) electrons. The second kappa shape index (κ2) is 10.0. The highest BCUT2D eigenvalue weighted by atomic mass is 35.5. The third-order valence-electron chi connectivity index (χ3n) is 5.87. The molecule has 0 aliphatic carbocycles. The Balaban J connectivity index is 0.000000248. The van der Waals surface area contributed by atoms with E-state index in [2.05, 4.69) is 68.4 Å². The van der Waals surface area contributed by atoms with Crippen LogP contribution in [0.2, 0.25) is 5.02 Å². The van der Waals surface area contributed by atoms with Gasteiger partial charge < -0.3 is 10.2 Å². The van der Waals surface area contributed by atoms with Gasteiger partial charge in [0, 0.05) is 16.1 Å². The van der Waals surface area contributed by atoms with Crippen LogP contribution in [0.1, 0.15) is 84.6 Å². The molecule has 184 valence electrons. The Morgan fingerprint density at radius 2 is 1.03 bits per heavy atom. The molecule has 0 heterocycles. The van der Waals surface area contributed by atoms with Crippen molar-refractivity contribution in [3.05, 3.63) is 81.9 Å². The minimum Gasteiger partial charge on any atom is -0.507 e. The molecule has 3 heteroatoms. The quantitative estimate of drug-likeness (QED) is 0.364. The number of phenolic OH excluding ortho intramolecular Hbond substituents is 2. The van der Waals surface area contributed by atoms with Gasteiger partial charge in [-0.05, 0) is 63.6 Å². The van der Waals surface area contributed by atoms with Crippen molar-refractivity contribution < 1.29 is 10.2 Å². The SMILES string of the molecule is CC(C)(C)c1cccc(C(C)(C)C)c1O.Cc1cc(-c2ccc(Cl)cc2)c(O)c(C(C)(C)C)c1. The Kier molecular flexibility index (Phi) is 8.21. The average Bonchev–Trinajstić information content (AvgIpc) is 2.68. The van der Waals surface area contributed by atoms with Crippen molar-refractivity contribution in [3.8, 4) is 22.6 Å². The van der Waals surface area contributed by atoms with Crippen LogP contribution in [0.4, 0.5) is 0 Å². The van der Waals surface area contributed by atoms with Gasteiger partial charge in [0.25, 0.3) is 0 Å². The molecule has 0 aliphatic heterocycles. The number of para-hydroxylation sites is 1. The van der Waals surface area contributed by atoms with Gasteiger partial charge in [-0.1, -0.05) is 110 Å². The lowest BCUT2D eigenvalue weighted by Crippen LogP contribution is -2.16. The summed E-state index contributed by atoms with van der Waals surface area (Å²) in [4.78, 5) is 0. The summed E-state index contributed by atoms with van der Waals surface area (Å²) in [5.74, 6) is 0.818. The van der Waals surface area contributed by atoms with E-state index in [9.17, 15) is 10.2 Å². The number of aryl methyl sites for hydroxylation is 1. The van der Waals surface area contributed by atoms with Crippen molar-refractivity contribution in [2.45, 2.75) is 85.5 Å². The molecule has 2 N–H and O–H groups in total. The van der Waals surface area contributed by atoms with Gasteiger partial charge in [0.15, 0.2) is 0 Å². The van der Waals surface area contributed by atoms with E-state index in [4.69, 9.17) is 11.6 Å². The highest BCUT2D eigenvalue weighted by Crippen LogP contribution is 2.40. The summed E-state index contributed by atoms with van der Waals surface area (Å²) in [6.45, 7) is 21.1. The summed E-state index contributed by atoms with van der Waals surface area (Å²) < 4.78 is 0. The van der Waals surface area contributed by atoms with Crippen LogP contribution < -0.4 is 0 Å². The van der Waals surface area contributed by atoms with E-state index in [1.165, 1.54) is 0 Å². The minimum absolute atomic E-state index is 0.00859. The molecule has 0 saturated carbocycles. The van der Waals surface area contributed by atoms with Crippen LogP contribution in [-0.4, -0.2) is 10.2 Å². The molecule has 3 rings (SSSR count). The van der Waals surface area contributed by atoms with Gasteiger partial charge in [0.1, 0.15) is 11.5 Å². The van der Waals surface area contributed by atoms with Crippen LogP contribution in [-0.2, 0) is 16.2 Å². The summed E-state index contributed by atoms with van der Waals surface area (Å²) in [6, 6.07) is 17.6. The first-order valence-corrected chi connectivity index (χ1v) is 12.2. The fourth-order valence-electron chi connectivity index (χ4n) is 3.95. The highest BCUT2D eigenvalue weighted by Gasteiger charge is 2.25. The fourth-order valence-corrected chi connectivity index (χ4v) is 4.08. The molecule has 0 saturated heterocycles. The van der Waals surface area contributed by atoms with Gasteiger partial charge in [0.2, 0.25) is 0 Å². The van der Waals surface area contributed by atoms with Gasteiger partial charge in [0.05, 0.1) is 0 Å². The number of halogens is 1. The number of rotatable bonds is 1. The van der Waals surface area contributed by atoms with E-state index >= 15 is 0 Å². The molecular formula is C31H41ClO2. The van der Waals surface area contributed by atoms with E-state index < -0.39 is 0 Å². The summed E-state index contributed by atoms with van der Waals surface area (Å²) >= 11 is 5.91. The Bertz CT molecular complexity index is 1090. The summed E-state index contributed by atoms with van der Waals surface area (Å²) in [6.07, 6.45) is 0. The zero-order valence-corrected chi connectivity index (χ0v) is 23.2. The molecule has 0 fully saturated rings. The molecule has 0 aliphatic rings. The number of benzene rings is 3. The fraction of sp³-hybridized carbons (Fsp3) is 0.419. The summed E-state index contributed by atoms with van der Waals surface area (Å²) in [5, 5.41) is 21.5. The zero-order valence-electron chi connectivity index (χ0n) is 22.5. The second-order valence-corrected chi connectivity index (χ2v) is 12.6. The Morgan fingerprint density at radius 3 is 1.44 bits per heavy atom. The number of aromatic hydroxyl groups is 2. The third kappa shape index (κ3) is 6.79. The molecule has 0 atom stereocenters. The summed E-state index contributed by atoms with van der Waals surface area (Å²) in [7, 11) is 0. The van der Waals surface area contributed by atoms with E-state index in [1.54, 1.807) is 0 Å². The molecule has 34 heavy (non-hydrogen) atoms. The number of hydrogen-bond acceptors (Lipinski definition) is 2. The smallest absolute Gasteiger partial charge is 0.127 e. The first kappa shape index (κ1) is 27.8. The third-order valence-corrected chi connectivity index (χ3v) is 6.12. The van der Waals surface area contributed by atoms with E-state index in [0.29, 0.717) is 16.5 Å². The van der Waals surface area contributed by atoms with Gasteiger partial charge in [-0.25, -0.2) is 0 Å². The predicted molar refractivity (Wildman–Crippen MR) is 147 cm³/mol. The molecule has 3 aromatic rings. The van der Waals surface area contributed by atoms with Gasteiger partial charge in [-0.15, -0.1) is 0 Å². The van der Waals surface area contributed by atoms with Crippen molar-refractivity contribution in [3.63, 3.8) is 0 Å². The van der Waals surface area contributed by atoms with Crippen LogP contribution >= 0.6 is 11.6 Å². The van der Waals surface area contributed by atoms with Gasteiger partial charge in [-0.2, -0.15) is 0 Å². The van der Waals surface area contributed by atoms with Crippen LogP contribution in [0.3, 0.4) is 0 Å². The topological polar surface area (TPSA) is 40.5 Å². The Morgan fingerprint density at radius 1 is 0.588 bits per heavy atom. The van der Waals surface area contributed by atoms with Crippen molar-refractivity contribution in [2.24, 2.45) is 0 Å². The van der Waals surface area contributed by atoms with Crippen LogP contribution in [0, 0.1) is 6.92 Å². The highest BCUT2D eigenvalue weighted by molar-refractivity contribution is 6.30. The van der Waals surface area contributed by atoms with Crippen molar-refractivity contribution in [1.82, 2.24) is 0 Å². The molecule has 0 amide bonds. The Labute approximate surface area is 211 Å². The predicted octanol–water partition coefficient (Wildman–Crippen LogP) is 9.31. The maximum absolute atomic E-state index is 10.5. The van der Waals surface area contributed by atoms with Crippen molar-refractivity contribution in [1.29, 1.82) is 0 Å². The van der Waals surface area contributed by atoms with Gasteiger partial charge in [-0.3, -0.25) is 0 Å². The first-order valence-electron chi connectivity index (χ1n) is 11.9. The number of hydrogen-bond donors (Lipinski definition) is 2. The molecule has 0 bridgehead atoms. The van der Waals surface area contributed by atoms with Crippen LogP contribution in [0.25, 0.3) is 11.1 Å². The monoisotopic (exact) mass is 480 g/mol. The van der Waals surface area contributed by atoms with Crippen molar-refractivity contribution in [2.75, 3.05) is 0 Å². The minimum atomic E-state index is -0.0860. The maximum Gasteiger partial charge on any atom is 0.127 e. The lowest BCUT2D eigenvalue weighted by molar-refractivity contribution is 0.423. The number of phenols is 2. The molecule has 0 unspecified atom stereocenters. The lowest BCUT2D eigenvalue weighted by Gasteiger charge is -2.26.